The number of benzene rings is 1. The molecule has 0 radical (unpaired) electrons. The molecule has 0 bridgehead atoms. The molecule has 1 aromatic carbocycles. The molecule has 0 aliphatic rings. The van der Waals surface area contributed by atoms with Gasteiger partial charge >= 0.3 is 6.03 Å². The molecule has 1 atom stereocenters. The third kappa shape index (κ3) is 5.46. The van der Waals surface area contributed by atoms with E-state index in [0.29, 0.717) is 0 Å². The first kappa shape index (κ1) is 19.8. The number of hydrogen-bond acceptors (Lipinski definition) is 7. The zero-order chi connectivity index (χ0) is 19.8. The number of thioether (sulfide) groups is 1. The molecule has 0 spiro atoms. The molecule has 0 saturated carbocycles. The fourth-order valence-corrected chi connectivity index (χ4v) is 2.91. The van der Waals surface area contributed by atoms with Crippen molar-refractivity contribution in [2.45, 2.75) is 23.7 Å². The number of amides is 3. The van der Waals surface area contributed by atoms with Gasteiger partial charge in [0.15, 0.2) is 0 Å². The van der Waals surface area contributed by atoms with Gasteiger partial charge in [-0.25, -0.2) is 9.78 Å². The minimum atomic E-state index is -0.709. The van der Waals surface area contributed by atoms with Crippen LogP contribution in [0.2, 0.25) is 0 Å². The van der Waals surface area contributed by atoms with E-state index in [0.717, 1.165) is 17.3 Å². The first-order valence-corrected chi connectivity index (χ1v) is 8.72. The lowest BCUT2D eigenvalue weighted by atomic mass is 10.2. The van der Waals surface area contributed by atoms with Crippen molar-refractivity contribution < 1.29 is 9.59 Å². The molecule has 0 aliphatic carbocycles. The Morgan fingerprint density at radius 3 is 2.52 bits per heavy atom. The number of carbonyl (C=O) groups excluding carboxylic acids is 2. The van der Waals surface area contributed by atoms with Gasteiger partial charge in [-0.05, 0) is 18.6 Å². The Morgan fingerprint density at radius 2 is 1.89 bits per heavy atom. The molecule has 4 N–H and O–H groups in total. The third-order valence-corrected chi connectivity index (χ3v) is 4.55. The molecule has 0 fully saturated rings. The van der Waals surface area contributed by atoms with Crippen LogP contribution in [0.3, 0.4) is 0 Å². The molecule has 1 aromatic heterocycles. The monoisotopic (exact) mass is 380 g/mol. The van der Waals surface area contributed by atoms with E-state index in [1.807, 2.05) is 42.5 Å². The van der Waals surface area contributed by atoms with Crippen molar-refractivity contribution in [1.29, 1.82) is 10.5 Å². The first-order valence-electron chi connectivity index (χ1n) is 7.84. The van der Waals surface area contributed by atoms with E-state index in [9.17, 15) is 14.9 Å². The number of anilines is 1. The smallest absolute Gasteiger partial charge is 0.321 e. The molecule has 2 rings (SSSR count). The van der Waals surface area contributed by atoms with Crippen molar-refractivity contribution in [2.24, 2.45) is 0 Å². The highest BCUT2D eigenvalue weighted by molar-refractivity contribution is 8.00. The fourth-order valence-electron chi connectivity index (χ4n) is 2.03. The van der Waals surface area contributed by atoms with E-state index in [4.69, 9.17) is 11.0 Å². The second-order valence-corrected chi connectivity index (χ2v) is 6.74. The molecular formula is C18H16N6O2S. The van der Waals surface area contributed by atoms with Gasteiger partial charge in [-0.1, -0.05) is 42.1 Å². The summed E-state index contributed by atoms with van der Waals surface area (Å²) < 4.78 is 0. The van der Waals surface area contributed by atoms with Crippen molar-refractivity contribution >= 4 is 29.5 Å². The lowest BCUT2D eigenvalue weighted by Crippen LogP contribution is -2.42. The Balaban J connectivity index is 1.96. The normalized spacial score (nSPS) is 10.9. The summed E-state index contributed by atoms with van der Waals surface area (Å²) in [4.78, 5) is 28.1. The lowest BCUT2D eigenvalue weighted by Gasteiger charge is -2.13. The topological polar surface area (TPSA) is 145 Å². The highest BCUT2D eigenvalue weighted by Gasteiger charge is 2.20. The fraction of sp³-hybridized carbons (Fsp3) is 0.167. The quantitative estimate of drug-likeness (QED) is 0.672. The van der Waals surface area contributed by atoms with Gasteiger partial charge in [0.25, 0.3) is 0 Å². The van der Waals surface area contributed by atoms with E-state index in [1.165, 1.54) is 6.07 Å². The second-order valence-electron chi connectivity index (χ2n) is 5.42. The number of nitrogens with two attached hydrogens (primary N) is 1. The average molecular weight is 380 g/mol. The third-order valence-electron chi connectivity index (χ3n) is 3.45. The highest BCUT2D eigenvalue weighted by atomic mass is 32.2. The van der Waals surface area contributed by atoms with Crippen LogP contribution in [-0.2, 0) is 11.3 Å². The van der Waals surface area contributed by atoms with E-state index in [1.54, 1.807) is 6.92 Å². The van der Waals surface area contributed by atoms with Crippen LogP contribution < -0.4 is 16.4 Å². The maximum atomic E-state index is 12.2. The van der Waals surface area contributed by atoms with Gasteiger partial charge in [0.2, 0.25) is 5.91 Å². The molecule has 27 heavy (non-hydrogen) atoms. The van der Waals surface area contributed by atoms with E-state index in [2.05, 4.69) is 15.6 Å². The minimum absolute atomic E-state index is 0.0211. The van der Waals surface area contributed by atoms with Crippen LogP contribution in [0.1, 0.15) is 23.6 Å². The summed E-state index contributed by atoms with van der Waals surface area (Å²) in [6, 6.07) is 13.7. The Hall–Kier alpha value is -3.56. The molecule has 9 heteroatoms. The summed E-state index contributed by atoms with van der Waals surface area (Å²) in [5.41, 5.74) is 6.79. The number of pyridine rings is 1. The van der Waals surface area contributed by atoms with Gasteiger partial charge in [0.1, 0.15) is 23.0 Å². The number of rotatable bonds is 5. The summed E-state index contributed by atoms with van der Waals surface area (Å²) in [5, 5.41) is 22.5. The van der Waals surface area contributed by atoms with Gasteiger partial charge < -0.3 is 11.1 Å². The highest BCUT2D eigenvalue weighted by Crippen LogP contribution is 2.27. The Bertz CT molecular complexity index is 933. The van der Waals surface area contributed by atoms with Crippen LogP contribution in [0.25, 0.3) is 0 Å². The zero-order valence-electron chi connectivity index (χ0n) is 14.4. The average Bonchev–Trinajstić information content (AvgIpc) is 2.67. The number of nitrogen functional groups attached to an aromatic ring is 1. The van der Waals surface area contributed by atoms with Crippen LogP contribution in [0, 0.1) is 22.7 Å². The molecular weight excluding hydrogens is 364 g/mol. The lowest BCUT2D eigenvalue weighted by molar-refractivity contribution is -0.119. The van der Waals surface area contributed by atoms with E-state index in [-0.39, 0.29) is 28.5 Å². The summed E-state index contributed by atoms with van der Waals surface area (Å²) in [5.74, 6) is -0.564. The molecule has 3 amide bonds. The number of hydrogen-bond donors (Lipinski definition) is 3. The van der Waals surface area contributed by atoms with Crippen molar-refractivity contribution in [1.82, 2.24) is 15.6 Å². The molecule has 1 heterocycles. The Kier molecular flexibility index (Phi) is 6.75. The van der Waals surface area contributed by atoms with Crippen LogP contribution in [0.4, 0.5) is 10.6 Å². The van der Waals surface area contributed by atoms with Crippen molar-refractivity contribution in [2.75, 3.05) is 5.73 Å². The Morgan fingerprint density at radius 1 is 1.22 bits per heavy atom. The summed E-state index contributed by atoms with van der Waals surface area (Å²) in [6.45, 7) is 1.86. The molecule has 136 valence electrons. The Labute approximate surface area is 160 Å². The van der Waals surface area contributed by atoms with Crippen LogP contribution in [0.15, 0.2) is 41.4 Å². The number of nitriles is 2. The molecule has 0 unspecified atom stereocenters. The van der Waals surface area contributed by atoms with E-state index < -0.39 is 17.2 Å². The molecule has 0 saturated heterocycles. The second kappa shape index (κ2) is 9.22. The number of urea groups is 1. The molecule has 2 aromatic rings. The number of nitrogens with zero attached hydrogens (tertiary/aromatic N) is 3. The number of imide groups is 1. The molecule has 0 aliphatic heterocycles. The van der Waals surface area contributed by atoms with Crippen LogP contribution >= 0.6 is 11.8 Å². The maximum Gasteiger partial charge on any atom is 0.321 e. The van der Waals surface area contributed by atoms with Crippen LogP contribution in [-0.4, -0.2) is 22.2 Å². The zero-order valence-corrected chi connectivity index (χ0v) is 15.2. The van der Waals surface area contributed by atoms with Gasteiger partial charge in [-0.15, -0.1) is 0 Å². The van der Waals surface area contributed by atoms with Crippen LogP contribution in [0.5, 0.6) is 0 Å². The van der Waals surface area contributed by atoms with Gasteiger partial charge in [0.05, 0.1) is 16.4 Å². The van der Waals surface area contributed by atoms with Gasteiger partial charge in [-0.2, -0.15) is 10.5 Å². The van der Waals surface area contributed by atoms with Crippen molar-refractivity contribution in [3.8, 4) is 12.1 Å². The largest absolute Gasteiger partial charge is 0.383 e. The summed E-state index contributed by atoms with van der Waals surface area (Å²) in [7, 11) is 0. The SMILES string of the molecule is C[C@@H](Sc1nc(N)c(C#N)cc1C#N)C(=O)NC(=O)NCc1ccccc1. The number of nitrogens with one attached hydrogen (secondary N) is 2. The number of carbonyl (C=O) groups is 2. The van der Waals surface area contributed by atoms with Gasteiger partial charge in [0, 0.05) is 6.54 Å². The summed E-state index contributed by atoms with van der Waals surface area (Å²) >= 11 is 0.978. The van der Waals surface area contributed by atoms with E-state index >= 15 is 0 Å². The van der Waals surface area contributed by atoms with Crippen molar-refractivity contribution in [3.63, 3.8) is 0 Å². The standard InChI is InChI=1S/C18H16N6O2S/c1-11(27-17-14(9-20)7-13(8-19)15(21)23-17)16(25)24-18(26)22-10-12-5-3-2-4-6-12/h2-7,11H,10H2,1H3,(H2,21,23)(H2,22,24,25,26)/t11-/m1/s1. The van der Waals surface area contributed by atoms with Crippen molar-refractivity contribution in [3.05, 3.63) is 53.1 Å². The maximum absolute atomic E-state index is 12.2. The predicted molar refractivity (Wildman–Crippen MR) is 100 cm³/mol. The summed E-state index contributed by atoms with van der Waals surface area (Å²) in [6.07, 6.45) is 0. The predicted octanol–water partition coefficient (Wildman–Crippen LogP) is 1.91. The minimum Gasteiger partial charge on any atom is -0.383 e. The molecule has 8 nitrogen and oxygen atoms in total. The first-order chi connectivity index (χ1) is 12.9. The van der Waals surface area contributed by atoms with Gasteiger partial charge in [-0.3, -0.25) is 10.1 Å². The number of aromatic nitrogens is 1.